The zero-order valence-electron chi connectivity index (χ0n) is 9.56. The van der Waals surface area contributed by atoms with E-state index in [0.29, 0.717) is 13.2 Å². The van der Waals surface area contributed by atoms with Crippen LogP contribution in [0.5, 0.6) is 0 Å². The van der Waals surface area contributed by atoms with Gasteiger partial charge in [0.2, 0.25) is 0 Å². The highest BCUT2D eigenvalue weighted by Gasteiger charge is 2.18. The Bertz CT molecular complexity index is 332. The molecule has 1 aromatic rings. The fraction of sp³-hybridized carbons (Fsp3) is 0.538. The van der Waals surface area contributed by atoms with Crippen molar-refractivity contribution < 1.29 is 14.6 Å². The summed E-state index contributed by atoms with van der Waals surface area (Å²) in [4.78, 5) is 0. The van der Waals surface area contributed by atoms with Crippen molar-refractivity contribution in [3.05, 3.63) is 35.4 Å². The number of aliphatic hydroxyl groups is 1. The summed E-state index contributed by atoms with van der Waals surface area (Å²) in [5.41, 5.74) is 2.04. The second-order valence-corrected chi connectivity index (χ2v) is 4.19. The summed E-state index contributed by atoms with van der Waals surface area (Å²) in [6.07, 6.45) is 0.543. The number of aryl methyl sites for hydroxylation is 1. The van der Waals surface area contributed by atoms with Crippen LogP contribution in [0.4, 0.5) is 0 Å². The largest absolute Gasteiger partial charge is 0.386 e. The average molecular weight is 222 g/mol. The number of rotatable bonds is 4. The zero-order chi connectivity index (χ0) is 11.4. The highest BCUT2D eigenvalue weighted by atomic mass is 16.5. The first kappa shape index (κ1) is 11.6. The Hall–Kier alpha value is -0.900. The van der Waals surface area contributed by atoms with E-state index in [-0.39, 0.29) is 6.10 Å². The second kappa shape index (κ2) is 5.43. The van der Waals surface area contributed by atoms with Gasteiger partial charge in [-0.3, -0.25) is 0 Å². The predicted molar refractivity (Wildman–Crippen MR) is 61.3 cm³/mol. The van der Waals surface area contributed by atoms with E-state index in [1.54, 1.807) is 0 Å². The Morgan fingerprint density at radius 1 is 1.50 bits per heavy atom. The van der Waals surface area contributed by atoms with Crippen LogP contribution < -0.4 is 0 Å². The third-order valence-corrected chi connectivity index (χ3v) is 2.93. The van der Waals surface area contributed by atoms with Gasteiger partial charge in [-0.05, 0) is 24.5 Å². The third kappa shape index (κ3) is 2.82. The van der Waals surface area contributed by atoms with E-state index in [9.17, 15) is 5.11 Å². The first-order valence-electron chi connectivity index (χ1n) is 5.70. The van der Waals surface area contributed by atoms with Gasteiger partial charge < -0.3 is 14.6 Å². The molecule has 1 heterocycles. The Labute approximate surface area is 96.0 Å². The van der Waals surface area contributed by atoms with Crippen LogP contribution in [0, 0.1) is 6.92 Å². The lowest BCUT2D eigenvalue weighted by Gasteiger charge is -2.16. The van der Waals surface area contributed by atoms with Crippen molar-refractivity contribution in [3.63, 3.8) is 0 Å². The lowest BCUT2D eigenvalue weighted by molar-refractivity contribution is -0.0133. The fourth-order valence-electron chi connectivity index (χ4n) is 1.92. The van der Waals surface area contributed by atoms with Crippen molar-refractivity contribution in [1.29, 1.82) is 0 Å². The van der Waals surface area contributed by atoms with Gasteiger partial charge in [0.1, 0.15) is 6.10 Å². The molecule has 3 heteroatoms. The van der Waals surface area contributed by atoms with Gasteiger partial charge in [0.05, 0.1) is 19.3 Å². The zero-order valence-corrected chi connectivity index (χ0v) is 9.56. The maximum atomic E-state index is 10.00. The van der Waals surface area contributed by atoms with Gasteiger partial charge in [-0.25, -0.2) is 0 Å². The number of benzene rings is 1. The van der Waals surface area contributed by atoms with E-state index in [1.165, 1.54) is 0 Å². The molecule has 0 aliphatic carbocycles. The molecule has 0 radical (unpaired) electrons. The minimum absolute atomic E-state index is 0.152. The molecule has 1 fully saturated rings. The van der Waals surface area contributed by atoms with E-state index < -0.39 is 6.10 Å². The fourth-order valence-corrected chi connectivity index (χ4v) is 1.92. The standard InChI is InChI=1S/C13H18O3/c1-10-4-2-3-5-12(10)13(14)9-16-11-6-7-15-8-11/h2-5,11,13-14H,6-9H2,1H3. The van der Waals surface area contributed by atoms with Crippen molar-refractivity contribution in [2.75, 3.05) is 19.8 Å². The highest BCUT2D eigenvalue weighted by molar-refractivity contribution is 5.27. The van der Waals surface area contributed by atoms with Crippen LogP contribution in [0.15, 0.2) is 24.3 Å². The van der Waals surface area contributed by atoms with Crippen molar-refractivity contribution in [2.24, 2.45) is 0 Å². The van der Waals surface area contributed by atoms with Gasteiger partial charge in [0, 0.05) is 6.61 Å². The molecular weight excluding hydrogens is 204 g/mol. The van der Waals surface area contributed by atoms with E-state index in [0.717, 1.165) is 24.2 Å². The van der Waals surface area contributed by atoms with Crippen LogP contribution in [0.2, 0.25) is 0 Å². The molecule has 1 aliphatic rings. The summed E-state index contributed by atoms with van der Waals surface area (Å²) in [6.45, 7) is 3.77. The van der Waals surface area contributed by atoms with E-state index in [1.807, 2.05) is 31.2 Å². The topological polar surface area (TPSA) is 38.7 Å². The molecule has 1 saturated heterocycles. The molecule has 2 rings (SSSR count). The van der Waals surface area contributed by atoms with Gasteiger partial charge in [0.15, 0.2) is 0 Å². The molecule has 3 nitrogen and oxygen atoms in total. The molecule has 0 amide bonds. The van der Waals surface area contributed by atoms with Gasteiger partial charge in [-0.1, -0.05) is 24.3 Å². The molecule has 0 saturated carbocycles. The number of aliphatic hydroxyl groups excluding tert-OH is 1. The Morgan fingerprint density at radius 3 is 3.00 bits per heavy atom. The SMILES string of the molecule is Cc1ccccc1C(O)COC1CCOC1. The molecule has 0 spiro atoms. The van der Waals surface area contributed by atoms with Crippen molar-refractivity contribution in [2.45, 2.75) is 25.6 Å². The molecule has 1 aromatic carbocycles. The summed E-state index contributed by atoms with van der Waals surface area (Å²) in [5.74, 6) is 0. The molecule has 1 aliphatic heterocycles. The monoisotopic (exact) mass is 222 g/mol. The molecule has 16 heavy (non-hydrogen) atoms. The van der Waals surface area contributed by atoms with Gasteiger partial charge in [-0.2, -0.15) is 0 Å². The van der Waals surface area contributed by atoms with Crippen molar-refractivity contribution in [3.8, 4) is 0 Å². The molecular formula is C13H18O3. The summed E-state index contributed by atoms with van der Waals surface area (Å²) >= 11 is 0. The maximum absolute atomic E-state index is 10.00. The average Bonchev–Trinajstić information content (AvgIpc) is 2.79. The highest BCUT2D eigenvalue weighted by Crippen LogP contribution is 2.19. The first-order valence-corrected chi connectivity index (χ1v) is 5.70. The van der Waals surface area contributed by atoms with Crippen LogP contribution in [0.3, 0.4) is 0 Å². The maximum Gasteiger partial charge on any atom is 0.103 e. The van der Waals surface area contributed by atoms with Crippen LogP contribution in [0.25, 0.3) is 0 Å². The van der Waals surface area contributed by atoms with E-state index in [2.05, 4.69) is 0 Å². The predicted octanol–water partition coefficient (Wildman–Crippen LogP) is 1.83. The Kier molecular flexibility index (Phi) is 3.93. The minimum atomic E-state index is -0.540. The number of hydrogen-bond donors (Lipinski definition) is 1. The van der Waals surface area contributed by atoms with E-state index in [4.69, 9.17) is 9.47 Å². The normalized spacial score (nSPS) is 22.2. The minimum Gasteiger partial charge on any atom is -0.386 e. The summed E-state index contributed by atoms with van der Waals surface area (Å²) < 4.78 is 10.8. The molecule has 2 atom stereocenters. The molecule has 0 bridgehead atoms. The summed E-state index contributed by atoms with van der Waals surface area (Å²) in [6, 6.07) is 7.84. The molecule has 2 unspecified atom stereocenters. The van der Waals surface area contributed by atoms with Gasteiger partial charge in [-0.15, -0.1) is 0 Å². The molecule has 0 aromatic heterocycles. The van der Waals surface area contributed by atoms with Crippen molar-refractivity contribution >= 4 is 0 Å². The Balaban J connectivity index is 1.87. The van der Waals surface area contributed by atoms with Crippen LogP contribution in [0.1, 0.15) is 23.7 Å². The van der Waals surface area contributed by atoms with E-state index >= 15 is 0 Å². The van der Waals surface area contributed by atoms with Gasteiger partial charge >= 0.3 is 0 Å². The van der Waals surface area contributed by atoms with Gasteiger partial charge in [0.25, 0.3) is 0 Å². The third-order valence-electron chi connectivity index (χ3n) is 2.93. The quantitative estimate of drug-likeness (QED) is 0.844. The second-order valence-electron chi connectivity index (χ2n) is 4.19. The molecule has 88 valence electrons. The summed E-state index contributed by atoms with van der Waals surface area (Å²) in [7, 11) is 0. The lowest BCUT2D eigenvalue weighted by atomic mass is 10.0. The summed E-state index contributed by atoms with van der Waals surface area (Å²) in [5, 5.41) is 10.00. The smallest absolute Gasteiger partial charge is 0.103 e. The lowest BCUT2D eigenvalue weighted by Crippen LogP contribution is -2.17. The van der Waals surface area contributed by atoms with Crippen molar-refractivity contribution in [1.82, 2.24) is 0 Å². The Morgan fingerprint density at radius 2 is 2.31 bits per heavy atom. The van der Waals surface area contributed by atoms with Crippen LogP contribution in [-0.4, -0.2) is 31.0 Å². The molecule has 1 N–H and O–H groups in total. The number of hydrogen-bond acceptors (Lipinski definition) is 3. The first-order chi connectivity index (χ1) is 7.77. The van der Waals surface area contributed by atoms with Crippen LogP contribution in [-0.2, 0) is 9.47 Å². The number of ether oxygens (including phenoxy) is 2. The van der Waals surface area contributed by atoms with Crippen LogP contribution >= 0.6 is 0 Å².